The summed E-state index contributed by atoms with van der Waals surface area (Å²) in [6.45, 7) is 1.88. The van der Waals surface area contributed by atoms with Gasteiger partial charge in [-0.2, -0.15) is 0 Å². The summed E-state index contributed by atoms with van der Waals surface area (Å²) < 4.78 is 5.43. The zero-order chi connectivity index (χ0) is 14.0. The Morgan fingerprint density at radius 2 is 2.00 bits per heavy atom. The van der Waals surface area contributed by atoms with E-state index in [1.54, 1.807) is 18.2 Å². The van der Waals surface area contributed by atoms with E-state index in [-0.39, 0.29) is 16.6 Å². The van der Waals surface area contributed by atoms with Gasteiger partial charge in [-0.15, -0.1) is 0 Å². The van der Waals surface area contributed by atoms with Crippen LogP contribution in [0.4, 0.5) is 0 Å². The minimum Gasteiger partial charge on any atom is -0.477 e. The molecule has 0 aliphatic carbocycles. The van der Waals surface area contributed by atoms with Crippen molar-refractivity contribution in [2.24, 2.45) is 0 Å². The first-order valence-corrected chi connectivity index (χ1v) is 6.07. The van der Waals surface area contributed by atoms with Gasteiger partial charge in [0.25, 0.3) is 0 Å². The summed E-state index contributed by atoms with van der Waals surface area (Å²) in [6, 6.07) is 7.86. The number of hydrogen-bond acceptors (Lipinski definition) is 3. The average Bonchev–Trinajstić information content (AvgIpc) is 2.32. The van der Waals surface area contributed by atoms with E-state index in [4.69, 9.17) is 33.0 Å². The molecule has 1 N–H and O–H groups in total. The van der Waals surface area contributed by atoms with Gasteiger partial charge in [0.1, 0.15) is 16.5 Å². The van der Waals surface area contributed by atoms with Crippen molar-refractivity contribution in [1.29, 1.82) is 0 Å². The van der Waals surface area contributed by atoms with Gasteiger partial charge in [0, 0.05) is 0 Å². The molecule has 4 nitrogen and oxygen atoms in total. The van der Waals surface area contributed by atoms with Crippen LogP contribution in [0.5, 0.6) is 11.6 Å². The molecule has 0 atom stereocenters. The molecule has 6 heteroatoms. The molecular weight excluding hydrogens is 289 g/mol. The predicted molar refractivity (Wildman–Crippen MR) is 72.5 cm³/mol. The van der Waals surface area contributed by atoms with E-state index in [0.717, 1.165) is 5.56 Å². The normalized spacial score (nSPS) is 10.3. The fourth-order valence-electron chi connectivity index (χ4n) is 1.45. The van der Waals surface area contributed by atoms with Crippen LogP contribution in [0.25, 0.3) is 0 Å². The SMILES string of the molecule is Cc1ccc(Oc2nc(Cl)ccc2C(=O)O)c(Cl)c1. The van der Waals surface area contributed by atoms with Gasteiger partial charge in [-0.05, 0) is 36.8 Å². The number of benzene rings is 1. The molecule has 2 aromatic rings. The number of nitrogens with zero attached hydrogens (tertiary/aromatic N) is 1. The third-order valence-electron chi connectivity index (χ3n) is 2.35. The third kappa shape index (κ3) is 3.16. The standard InChI is InChI=1S/C13H9Cl2NO3/c1-7-2-4-10(9(14)6-7)19-12-8(13(17)18)3-5-11(15)16-12/h2-6H,1H3,(H,17,18). The Kier molecular flexibility index (Phi) is 3.93. The number of aryl methyl sites for hydroxylation is 1. The molecule has 19 heavy (non-hydrogen) atoms. The van der Waals surface area contributed by atoms with Crippen molar-refractivity contribution < 1.29 is 14.6 Å². The van der Waals surface area contributed by atoms with Crippen LogP contribution in [0.3, 0.4) is 0 Å². The molecule has 0 saturated heterocycles. The van der Waals surface area contributed by atoms with Gasteiger partial charge < -0.3 is 9.84 Å². The zero-order valence-electron chi connectivity index (χ0n) is 9.85. The minimum atomic E-state index is -1.15. The fraction of sp³-hybridized carbons (Fsp3) is 0.0769. The second kappa shape index (κ2) is 5.47. The lowest BCUT2D eigenvalue weighted by atomic mass is 10.2. The Bertz CT molecular complexity index is 644. The van der Waals surface area contributed by atoms with Gasteiger partial charge in [-0.25, -0.2) is 9.78 Å². The van der Waals surface area contributed by atoms with Crippen molar-refractivity contribution in [3.05, 3.63) is 51.6 Å². The number of ether oxygens (including phenoxy) is 1. The van der Waals surface area contributed by atoms with Crippen molar-refractivity contribution in [2.45, 2.75) is 6.92 Å². The van der Waals surface area contributed by atoms with E-state index in [1.165, 1.54) is 12.1 Å². The Balaban J connectivity index is 2.42. The minimum absolute atomic E-state index is 0.0824. The first-order chi connectivity index (χ1) is 8.97. The largest absolute Gasteiger partial charge is 0.477 e. The van der Waals surface area contributed by atoms with Crippen LogP contribution in [0.1, 0.15) is 15.9 Å². The third-order valence-corrected chi connectivity index (χ3v) is 2.86. The van der Waals surface area contributed by atoms with E-state index in [1.807, 2.05) is 6.92 Å². The van der Waals surface area contributed by atoms with Crippen LogP contribution >= 0.6 is 23.2 Å². The van der Waals surface area contributed by atoms with Crippen molar-refractivity contribution in [1.82, 2.24) is 4.98 Å². The summed E-state index contributed by atoms with van der Waals surface area (Å²) >= 11 is 11.8. The predicted octanol–water partition coefficient (Wildman–Crippen LogP) is 4.19. The van der Waals surface area contributed by atoms with Crippen molar-refractivity contribution in [3.63, 3.8) is 0 Å². The summed E-state index contributed by atoms with van der Waals surface area (Å²) in [4.78, 5) is 14.9. The van der Waals surface area contributed by atoms with Crippen LogP contribution in [0.2, 0.25) is 10.2 Å². The molecule has 1 heterocycles. The topological polar surface area (TPSA) is 59.4 Å². The molecule has 0 aliphatic rings. The number of aromatic carboxylic acids is 1. The number of carboxylic acids is 1. The Morgan fingerprint density at radius 1 is 1.26 bits per heavy atom. The van der Waals surface area contributed by atoms with E-state index in [0.29, 0.717) is 10.8 Å². The van der Waals surface area contributed by atoms with Crippen LogP contribution < -0.4 is 4.74 Å². The fourth-order valence-corrected chi connectivity index (χ4v) is 1.86. The summed E-state index contributed by atoms with van der Waals surface area (Å²) in [5.74, 6) is -0.919. The summed E-state index contributed by atoms with van der Waals surface area (Å²) in [6.07, 6.45) is 0. The Hall–Kier alpha value is -1.78. The van der Waals surface area contributed by atoms with Gasteiger partial charge in [0.15, 0.2) is 0 Å². The maximum absolute atomic E-state index is 11.1. The first kappa shape index (κ1) is 13.6. The molecule has 1 aromatic heterocycles. The van der Waals surface area contributed by atoms with Crippen LogP contribution in [-0.2, 0) is 0 Å². The highest BCUT2D eigenvalue weighted by molar-refractivity contribution is 6.32. The lowest BCUT2D eigenvalue weighted by Crippen LogP contribution is -2.02. The highest BCUT2D eigenvalue weighted by Crippen LogP contribution is 2.31. The van der Waals surface area contributed by atoms with Crippen LogP contribution in [0, 0.1) is 6.92 Å². The highest BCUT2D eigenvalue weighted by atomic mass is 35.5. The van der Waals surface area contributed by atoms with E-state index < -0.39 is 5.97 Å². The van der Waals surface area contributed by atoms with E-state index in [2.05, 4.69) is 4.98 Å². The molecule has 2 rings (SSSR count). The number of carboxylic acid groups (broad SMARTS) is 1. The average molecular weight is 298 g/mol. The molecule has 0 unspecified atom stereocenters. The summed E-state index contributed by atoms with van der Waals surface area (Å²) in [7, 11) is 0. The zero-order valence-corrected chi connectivity index (χ0v) is 11.4. The first-order valence-electron chi connectivity index (χ1n) is 5.31. The molecule has 0 saturated carbocycles. The molecular formula is C13H9Cl2NO3. The van der Waals surface area contributed by atoms with Gasteiger partial charge in [0.2, 0.25) is 5.88 Å². The van der Waals surface area contributed by atoms with Crippen molar-refractivity contribution in [3.8, 4) is 11.6 Å². The smallest absolute Gasteiger partial charge is 0.341 e. The van der Waals surface area contributed by atoms with E-state index in [9.17, 15) is 4.79 Å². The molecule has 0 aliphatic heterocycles. The molecule has 0 bridgehead atoms. The highest BCUT2D eigenvalue weighted by Gasteiger charge is 2.15. The van der Waals surface area contributed by atoms with Gasteiger partial charge in [-0.1, -0.05) is 29.3 Å². The number of hydrogen-bond donors (Lipinski definition) is 1. The molecule has 1 aromatic carbocycles. The second-order valence-electron chi connectivity index (χ2n) is 3.83. The number of pyridine rings is 1. The van der Waals surface area contributed by atoms with Gasteiger partial charge in [-0.3, -0.25) is 0 Å². The lowest BCUT2D eigenvalue weighted by Gasteiger charge is -2.09. The monoisotopic (exact) mass is 297 g/mol. The molecule has 0 radical (unpaired) electrons. The number of halogens is 2. The maximum Gasteiger partial charge on any atom is 0.341 e. The number of carbonyl (C=O) groups is 1. The number of rotatable bonds is 3. The molecule has 0 fully saturated rings. The van der Waals surface area contributed by atoms with Gasteiger partial charge >= 0.3 is 5.97 Å². The van der Waals surface area contributed by atoms with Crippen LogP contribution in [0.15, 0.2) is 30.3 Å². The van der Waals surface area contributed by atoms with Crippen LogP contribution in [-0.4, -0.2) is 16.1 Å². The van der Waals surface area contributed by atoms with Crippen molar-refractivity contribution in [2.75, 3.05) is 0 Å². The van der Waals surface area contributed by atoms with Crippen molar-refractivity contribution >= 4 is 29.2 Å². The molecule has 0 spiro atoms. The van der Waals surface area contributed by atoms with E-state index >= 15 is 0 Å². The number of aromatic nitrogens is 1. The quantitative estimate of drug-likeness (QED) is 0.863. The summed E-state index contributed by atoms with van der Waals surface area (Å²) in [5.41, 5.74) is 0.885. The molecule has 0 amide bonds. The lowest BCUT2D eigenvalue weighted by molar-refractivity contribution is 0.0693. The second-order valence-corrected chi connectivity index (χ2v) is 4.62. The Morgan fingerprint density at radius 3 is 2.63 bits per heavy atom. The van der Waals surface area contributed by atoms with Gasteiger partial charge in [0.05, 0.1) is 5.02 Å². The summed E-state index contributed by atoms with van der Waals surface area (Å²) in [5, 5.41) is 9.57. The Labute approximate surface area is 119 Å². The molecule has 98 valence electrons. The maximum atomic E-state index is 11.1.